The van der Waals surface area contributed by atoms with Gasteiger partial charge in [-0.2, -0.15) is 0 Å². The predicted molar refractivity (Wildman–Crippen MR) is 62.7 cm³/mol. The second-order valence-electron chi connectivity index (χ2n) is 2.76. The van der Waals surface area contributed by atoms with Gasteiger partial charge in [-0.25, -0.2) is 0 Å². The first-order chi connectivity index (χ1) is 6.83. The predicted octanol–water partition coefficient (Wildman–Crippen LogP) is 1.71. The minimum absolute atomic E-state index is 0.631. The van der Waals surface area contributed by atoms with Gasteiger partial charge in [0.25, 0.3) is 0 Å². The molecule has 0 saturated carbocycles. The Hall–Kier alpha value is -0.530. The van der Waals surface area contributed by atoms with E-state index in [9.17, 15) is 0 Å². The maximum absolute atomic E-state index is 5.80. The van der Waals surface area contributed by atoms with Crippen molar-refractivity contribution in [2.75, 3.05) is 19.6 Å². The molecule has 1 aromatic heterocycles. The lowest BCUT2D eigenvalue weighted by molar-refractivity contribution is 0.642. The van der Waals surface area contributed by atoms with Crippen LogP contribution >= 0.6 is 22.9 Å². The zero-order valence-corrected chi connectivity index (χ0v) is 9.42. The fourth-order valence-corrected chi connectivity index (χ4v) is 2.05. The normalized spacial score (nSPS) is 10.0. The minimum Gasteiger partial charge on any atom is -0.311 e. The van der Waals surface area contributed by atoms with Gasteiger partial charge in [0.05, 0.1) is 10.9 Å². The van der Waals surface area contributed by atoms with Crippen molar-refractivity contribution >= 4 is 22.9 Å². The van der Waals surface area contributed by atoms with Crippen LogP contribution in [-0.2, 0) is 6.54 Å². The second-order valence-corrected chi connectivity index (χ2v) is 4.56. The van der Waals surface area contributed by atoms with E-state index >= 15 is 0 Å². The molecule has 0 amide bonds. The summed E-state index contributed by atoms with van der Waals surface area (Å²) in [6, 6.07) is 3.95. The first kappa shape index (κ1) is 11.5. The molecule has 0 atom stereocenters. The molecule has 0 unspecified atom stereocenters. The third-order valence-electron chi connectivity index (χ3n) is 1.63. The lowest BCUT2D eigenvalue weighted by atomic mass is 10.4. The van der Waals surface area contributed by atoms with Gasteiger partial charge < -0.3 is 10.6 Å². The molecule has 0 aromatic carbocycles. The lowest BCUT2D eigenvalue weighted by Crippen LogP contribution is -2.26. The van der Waals surface area contributed by atoms with Gasteiger partial charge in [0.2, 0.25) is 0 Å². The Balaban J connectivity index is 2.02. The van der Waals surface area contributed by atoms with Crippen molar-refractivity contribution in [3.63, 3.8) is 0 Å². The van der Waals surface area contributed by atoms with Crippen molar-refractivity contribution in [1.29, 1.82) is 0 Å². The highest BCUT2D eigenvalue weighted by atomic mass is 35.5. The molecule has 1 rings (SSSR count). The van der Waals surface area contributed by atoms with Gasteiger partial charge in [0.1, 0.15) is 0 Å². The summed E-state index contributed by atoms with van der Waals surface area (Å²) in [7, 11) is 0. The van der Waals surface area contributed by atoms with E-state index in [2.05, 4.69) is 16.6 Å². The number of hydrogen-bond donors (Lipinski definition) is 2. The molecule has 0 aliphatic heterocycles. The third-order valence-corrected chi connectivity index (χ3v) is 2.86. The average Bonchev–Trinajstić information content (AvgIpc) is 2.58. The van der Waals surface area contributed by atoms with Crippen LogP contribution in [0.4, 0.5) is 0 Å². The fraction of sp³-hybridized carbons (Fsp3) is 0.400. The molecule has 1 heterocycles. The summed E-state index contributed by atoms with van der Waals surface area (Å²) >= 11 is 7.40. The van der Waals surface area contributed by atoms with Gasteiger partial charge in [-0.3, -0.25) is 0 Å². The smallest absolute Gasteiger partial charge is 0.0931 e. The number of thiophene rings is 1. The van der Waals surface area contributed by atoms with Crippen molar-refractivity contribution in [2.24, 2.45) is 0 Å². The van der Waals surface area contributed by atoms with E-state index in [1.807, 2.05) is 12.1 Å². The van der Waals surface area contributed by atoms with Crippen molar-refractivity contribution < 1.29 is 0 Å². The van der Waals surface area contributed by atoms with E-state index in [4.69, 9.17) is 18.0 Å². The lowest BCUT2D eigenvalue weighted by Gasteiger charge is -2.02. The summed E-state index contributed by atoms with van der Waals surface area (Å²) in [5, 5.41) is 6.40. The molecule has 0 radical (unpaired) electrons. The van der Waals surface area contributed by atoms with Crippen LogP contribution < -0.4 is 10.6 Å². The van der Waals surface area contributed by atoms with E-state index in [-0.39, 0.29) is 0 Å². The molecule has 0 bridgehead atoms. The Kier molecular flexibility index (Phi) is 5.65. The van der Waals surface area contributed by atoms with Crippen LogP contribution in [0.3, 0.4) is 0 Å². The van der Waals surface area contributed by atoms with Gasteiger partial charge in [0.15, 0.2) is 0 Å². The van der Waals surface area contributed by atoms with Crippen molar-refractivity contribution in [2.45, 2.75) is 6.54 Å². The average molecular weight is 229 g/mol. The van der Waals surface area contributed by atoms with Gasteiger partial charge in [-0.05, 0) is 12.1 Å². The zero-order valence-electron chi connectivity index (χ0n) is 7.85. The Labute approximate surface area is 93.7 Å². The summed E-state index contributed by atoms with van der Waals surface area (Å²) in [6.45, 7) is 3.31. The maximum Gasteiger partial charge on any atom is 0.0931 e. The molecule has 0 aliphatic carbocycles. The molecule has 0 spiro atoms. The van der Waals surface area contributed by atoms with Gasteiger partial charge >= 0.3 is 0 Å². The maximum atomic E-state index is 5.80. The standard InChI is InChI=1S/C10H13ClN2S/c1-2-5-12-6-7-13-8-9-3-4-10(11)14-9/h1,3-4,12-13H,5-8H2. The van der Waals surface area contributed by atoms with Crippen molar-refractivity contribution in [1.82, 2.24) is 10.6 Å². The van der Waals surface area contributed by atoms with E-state index in [1.54, 1.807) is 11.3 Å². The van der Waals surface area contributed by atoms with E-state index < -0.39 is 0 Å². The molecule has 4 heteroatoms. The highest BCUT2D eigenvalue weighted by molar-refractivity contribution is 7.16. The summed E-state index contributed by atoms with van der Waals surface area (Å²) in [4.78, 5) is 1.26. The minimum atomic E-state index is 0.631. The zero-order chi connectivity index (χ0) is 10.2. The largest absolute Gasteiger partial charge is 0.311 e. The molecule has 14 heavy (non-hydrogen) atoms. The number of rotatable bonds is 6. The first-order valence-electron chi connectivity index (χ1n) is 4.42. The molecule has 2 N–H and O–H groups in total. The molecule has 1 aromatic rings. The quantitative estimate of drug-likeness (QED) is 0.572. The summed E-state index contributed by atoms with van der Waals surface area (Å²) in [6.07, 6.45) is 5.09. The van der Waals surface area contributed by atoms with Crippen LogP contribution in [0.15, 0.2) is 12.1 Å². The van der Waals surface area contributed by atoms with Gasteiger partial charge in [0, 0.05) is 24.5 Å². The Morgan fingerprint density at radius 1 is 1.36 bits per heavy atom. The second kappa shape index (κ2) is 6.86. The highest BCUT2D eigenvalue weighted by Gasteiger charge is 1.96. The third kappa shape index (κ3) is 4.64. The Morgan fingerprint density at radius 2 is 2.14 bits per heavy atom. The van der Waals surface area contributed by atoms with Crippen LogP contribution in [0, 0.1) is 12.3 Å². The van der Waals surface area contributed by atoms with Crippen LogP contribution in [0.2, 0.25) is 4.34 Å². The monoisotopic (exact) mass is 228 g/mol. The molecule has 0 fully saturated rings. The summed E-state index contributed by atoms with van der Waals surface area (Å²) in [5.74, 6) is 2.53. The van der Waals surface area contributed by atoms with Crippen LogP contribution in [0.25, 0.3) is 0 Å². The SMILES string of the molecule is C#CCNCCNCc1ccc(Cl)s1. The summed E-state index contributed by atoms with van der Waals surface area (Å²) < 4.78 is 0.840. The van der Waals surface area contributed by atoms with Crippen molar-refractivity contribution in [3.05, 3.63) is 21.3 Å². The fourth-order valence-electron chi connectivity index (χ4n) is 0.996. The highest BCUT2D eigenvalue weighted by Crippen LogP contribution is 2.20. The molecule has 0 aliphatic rings. The van der Waals surface area contributed by atoms with Crippen LogP contribution in [0.1, 0.15) is 4.88 Å². The number of halogens is 1. The van der Waals surface area contributed by atoms with E-state index in [1.165, 1.54) is 4.88 Å². The number of hydrogen-bond acceptors (Lipinski definition) is 3. The topological polar surface area (TPSA) is 24.1 Å². The number of terminal acetylenes is 1. The van der Waals surface area contributed by atoms with E-state index in [0.29, 0.717) is 6.54 Å². The Morgan fingerprint density at radius 3 is 2.79 bits per heavy atom. The number of nitrogens with one attached hydrogen (secondary N) is 2. The molecular weight excluding hydrogens is 216 g/mol. The van der Waals surface area contributed by atoms with Crippen molar-refractivity contribution in [3.8, 4) is 12.3 Å². The van der Waals surface area contributed by atoms with Crippen LogP contribution in [-0.4, -0.2) is 19.6 Å². The first-order valence-corrected chi connectivity index (χ1v) is 5.61. The molecule has 2 nitrogen and oxygen atoms in total. The molecular formula is C10H13ClN2S. The summed E-state index contributed by atoms with van der Waals surface area (Å²) in [5.41, 5.74) is 0. The van der Waals surface area contributed by atoms with E-state index in [0.717, 1.165) is 24.0 Å². The van der Waals surface area contributed by atoms with Gasteiger partial charge in [-0.1, -0.05) is 17.5 Å². The Bertz CT molecular complexity index is 303. The molecule has 76 valence electrons. The molecule has 0 saturated heterocycles. The van der Waals surface area contributed by atoms with Gasteiger partial charge in [-0.15, -0.1) is 17.8 Å². The van der Waals surface area contributed by atoms with Crippen LogP contribution in [0.5, 0.6) is 0 Å².